The summed E-state index contributed by atoms with van der Waals surface area (Å²) in [7, 11) is 1.59. The number of fused-ring (bicyclic) bond motifs is 2. The molecule has 0 bridgehead atoms. The molecular weight excluding hydrogens is 276 g/mol. The van der Waals surface area contributed by atoms with E-state index >= 15 is 0 Å². The number of benzene rings is 1. The molecule has 6 heteroatoms. The van der Waals surface area contributed by atoms with Crippen LogP contribution in [0.1, 0.15) is 18.4 Å². The van der Waals surface area contributed by atoms with Crippen molar-refractivity contribution in [1.29, 1.82) is 0 Å². The topological polar surface area (TPSA) is 88.4 Å². The molecule has 1 aromatic rings. The highest BCUT2D eigenvalue weighted by atomic mass is 16.7. The van der Waals surface area contributed by atoms with Crippen molar-refractivity contribution in [1.82, 2.24) is 0 Å². The molecule has 4 atom stereocenters. The molecule has 21 heavy (non-hydrogen) atoms. The van der Waals surface area contributed by atoms with Gasteiger partial charge in [-0.1, -0.05) is 0 Å². The minimum absolute atomic E-state index is 0.187. The Hall–Kier alpha value is -1.34. The Balaban J connectivity index is 1.92. The fraction of sp³-hybridized carbons (Fsp3) is 0.600. The highest BCUT2D eigenvalue weighted by Gasteiger charge is 2.52. The molecule has 0 radical (unpaired) electrons. The summed E-state index contributed by atoms with van der Waals surface area (Å²) in [6, 6.07) is 5.39. The van der Waals surface area contributed by atoms with Crippen LogP contribution in [-0.2, 0) is 11.2 Å². The number of ether oxygens (including phenoxy) is 3. The monoisotopic (exact) mass is 296 g/mol. The van der Waals surface area contributed by atoms with Gasteiger partial charge in [0.05, 0.1) is 25.9 Å². The van der Waals surface area contributed by atoms with Gasteiger partial charge in [0.2, 0.25) is 6.29 Å². The zero-order valence-corrected chi connectivity index (χ0v) is 11.9. The zero-order valence-electron chi connectivity index (χ0n) is 11.9. The van der Waals surface area contributed by atoms with E-state index in [1.807, 2.05) is 6.07 Å². The standard InChI is InChI=1S/C15H20O6/c1-19-10-2-3-12-9(6-10)4-5-15(18)13(17)7-11(8-16)20-14(15)21-12/h2-3,6,11,13-14,16-18H,4-5,7-8H2,1H3. The van der Waals surface area contributed by atoms with Crippen molar-refractivity contribution >= 4 is 0 Å². The number of hydrogen-bond acceptors (Lipinski definition) is 6. The lowest BCUT2D eigenvalue weighted by molar-refractivity contribution is -0.289. The first kappa shape index (κ1) is 14.6. The van der Waals surface area contributed by atoms with E-state index in [1.165, 1.54) is 0 Å². The molecule has 1 fully saturated rings. The average molecular weight is 296 g/mol. The van der Waals surface area contributed by atoms with Gasteiger partial charge in [-0.05, 0) is 36.6 Å². The first-order chi connectivity index (χ1) is 10.1. The van der Waals surface area contributed by atoms with Crippen LogP contribution < -0.4 is 9.47 Å². The molecule has 2 aliphatic heterocycles. The van der Waals surface area contributed by atoms with Gasteiger partial charge in [0.1, 0.15) is 11.5 Å². The second-order valence-corrected chi connectivity index (χ2v) is 5.61. The van der Waals surface area contributed by atoms with Gasteiger partial charge in [0.25, 0.3) is 0 Å². The molecule has 2 heterocycles. The SMILES string of the molecule is COc1ccc2c(c1)CCC1(O)C(O)CC(CO)OC1O2. The zero-order chi connectivity index (χ0) is 15.0. The first-order valence-corrected chi connectivity index (χ1v) is 7.07. The number of rotatable bonds is 2. The van der Waals surface area contributed by atoms with E-state index in [9.17, 15) is 15.3 Å². The minimum Gasteiger partial charge on any atom is -0.497 e. The third-order valence-corrected chi connectivity index (χ3v) is 4.29. The van der Waals surface area contributed by atoms with Gasteiger partial charge < -0.3 is 29.5 Å². The second-order valence-electron chi connectivity index (χ2n) is 5.61. The first-order valence-electron chi connectivity index (χ1n) is 7.07. The Morgan fingerprint density at radius 1 is 1.43 bits per heavy atom. The quantitative estimate of drug-likeness (QED) is 0.723. The van der Waals surface area contributed by atoms with Crippen LogP contribution in [0.5, 0.6) is 11.5 Å². The largest absolute Gasteiger partial charge is 0.497 e. The highest BCUT2D eigenvalue weighted by molar-refractivity contribution is 5.41. The Morgan fingerprint density at radius 2 is 2.24 bits per heavy atom. The molecule has 4 unspecified atom stereocenters. The van der Waals surface area contributed by atoms with Gasteiger partial charge in [0, 0.05) is 6.42 Å². The summed E-state index contributed by atoms with van der Waals surface area (Å²) in [4.78, 5) is 0. The van der Waals surface area contributed by atoms with E-state index in [0.29, 0.717) is 24.3 Å². The van der Waals surface area contributed by atoms with E-state index in [1.54, 1.807) is 19.2 Å². The molecule has 0 saturated carbocycles. The predicted molar refractivity (Wildman–Crippen MR) is 73.3 cm³/mol. The van der Waals surface area contributed by atoms with Crippen LogP contribution in [0.3, 0.4) is 0 Å². The maximum absolute atomic E-state index is 10.7. The van der Waals surface area contributed by atoms with Crippen molar-refractivity contribution in [3.8, 4) is 11.5 Å². The van der Waals surface area contributed by atoms with E-state index in [0.717, 1.165) is 5.56 Å². The van der Waals surface area contributed by atoms with Crippen LogP contribution in [0.4, 0.5) is 0 Å². The number of aryl methyl sites for hydroxylation is 1. The number of aliphatic hydroxyl groups excluding tert-OH is 2. The van der Waals surface area contributed by atoms with Crippen LogP contribution in [0.25, 0.3) is 0 Å². The van der Waals surface area contributed by atoms with E-state index < -0.39 is 24.1 Å². The van der Waals surface area contributed by atoms with Crippen molar-refractivity contribution in [2.75, 3.05) is 13.7 Å². The number of aliphatic hydroxyl groups is 3. The van der Waals surface area contributed by atoms with E-state index in [2.05, 4.69) is 0 Å². The lowest BCUT2D eigenvalue weighted by Crippen LogP contribution is -2.61. The fourth-order valence-corrected chi connectivity index (χ4v) is 2.93. The van der Waals surface area contributed by atoms with Gasteiger partial charge in [0.15, 0.2) is 5.60 Å². The summed E-state index contributed by atoms with van der Waals surface area (Å²) in [5.74, 6) is 1.31. The molecule has 0 spiro atoms. The van der Waals surface area contributed by atoms with Crippen LogP contribution in [0, 0.1) is 0 Å². The molecule has 0 aliphatic carbocycles. The third kappa shape index (κ3) is 2.48. The van der Waals surface area contributed by atoms with E-state index in [-0.39, 0.29) is 13.0 Å². The third-order valence-electron chi connectivity index (χ3n) is 4.29. The molecule has 0 amide bonds. The lowest BCUT2D eigenvalue weighted by Gasteiger charge is -2.44. The highest BCUT2D eigenvalue weighted by Crippen LogP contribution is 2.40. The molecule has 6 nitrogen and oxygen atoms in total. The smallest absolute Gasteiger partial charge is 0.231 e. The summed E-state index contributed by atoms with van der Waals surface area (Å²) < 4.78 is 16.5. The van der Waals surface area contributed by atoms with Crippen LogP contribution in [0.15, 0.2) is 18.2 Å². The van der Waals surface area contributed by atoms with Crippen molar-refractivity contribution in [2.24, 2.45) is 0 Å². The average Bonchev–Trinajstić information content (AvgIpc) is 2.64. The summed E-state index contributed by atoms with van der Waals surface area (Å²) in [5, 5.41) is 30.2. The molecule has 3 N–H and O–H groups in total. The molecule has 0 aromatic heterocycles. The summed E-state index contributed by atoms with van der Waals surface area (Å²) >= 11 is 0. The summed E-state index contributed by atoms with van der Waals surface area (Å²) in [6.07, 6.45) is -1.48. The van der Waals surface area contributed by atoms with Crippen molar-refractivity contribution < 1.29 is 29.5 Å². The van der Waals surface area contributed by atoms with E-state index in [4.69, 9.17) is 14.2 Å². The van der Waals surface area contributed by atoms with Crippen LogP contribution in [-0.4, -0.2) is 53.1 Å². The Kier molecular flexibility index (Phi) is 3.79. The summed E-state index contributed by atoms with van der Waals surface area (Å²) in [6.45, 7) is -0.220. The van der Waals surface area contributed by atoms with Gasteiger partial charge in [-0.3, -0.25) is 0 Å². The van der Waals surface area contributed by atoms with Gasteiger partial charge in [-0.15, -0.1) is 0 Å². The second kappa shape index (κ2) is 5.46. The van der Waals surface area contributed by atoms with Crippen molar-refractivity contribution in [3.63, 3.8) is 0 Å². The van der Waals surface area contributed by atoms with Gasteiger partial charge >= 0.3 is 0 Å². The molecule has 2 aliphatic rings. The molecular formula is C15H20O6. The predicted octanol–water partition coefficient (Wildman–Crippen LogP) is 0.219. The van der Waals surface area contributed by atoms with Crippen molar-refractivity contribution in [3.05, 3.63) is 23.8 Å². The number of hydrogen-bond donors (Lipinski definition) is 3. The minimum atomic E-state index is -1.47. The Morgan fingerprint density at radius 3 is 2.95 bits per heavy atom. The maximum Gasteiger partial charge on any atom is 0.231 e. The number of methoxy groups -OCH3 is 1. The lowest BCUT2D eigenvalue weighted by atomic mass is 9.84. The molecule has 3 rings (SSSR count). The molecule has 1 saturated heterocycles. The Bertz CT molecular complexity index is 519. The summed E-state index contributed by atoms with van der Waals surface area (Å²) in [5.41, 5.74) is -0.577. The normalized spacial score (nSPS) is 35.1. The molecule has 1 aromatic carbocycles. The van der Waals surface area contributed by atoms with Crippen LogP contribution in [0.2, 0.25) is 0 Å². The van der Waals surface area contributed by atoms with Crippen LogP contribution >= 0.6 is 0 Å². The maximum atomic E-state index is 10.7. The Labute approximate surface area is 122 Å². The van der Waals surface area contributed by atoms with Crippen molar-refractivity contribution in [2.45, 2.75) is 43.4 Å². The van der Waals surface area contributed by atoms with Gasteiger partial charge in [-0.25, -0.2) is 0 Å². The van der Waals surface area contributed by atoms with Gasteiger partial charge in [-0.2, -0.15) is 0 Å². The fourth-order valence-electron chi connectivity index (χ4n) is 2.93. The molecule has 116 valence electrons.